The standard InChI is InChI=1S/C21H26ClN3O3S/c1-3-25(4-2)29(27,28)18-9-7-8-16(14-18)21(26)23-19-15-17(22)10-11-20(19)24-12-5-6-13-24/h7-11,14-15H,3-6,12-13H2,1-2H3,(H,23,26). The molecule has 2 aromatic rings. The van der Waals surface area contributed by atoms with Crippen LogP contribution in [-0.2, 0) is 10.0 Å². The van der Waals surface area contributed by atoms with Crippen molar-refractivity contribution in [3.8, 4) is 0 Å². The van der Waals surface area contributed by atoms with Gasteiger partial charge in [-0.25, -0.2) is 8.42 Å². The normalized spacial score (nSPS) is 14.4. The summed E-state index contributed by atoms with van der Waals surface area (Å²) in [5.74, 6) is -0.371. The fourth-order valence-corrected chi connectivity index (χ4v) is 5.22. The number of hydrogen-bond acceptors (Lipinski definition) is 4. The molecule has 3 rings (SSSR count). The van der Waals surface area contributed by atoms with Gasteiger partial charge in [-0.1, -0.05) is 31.5 Å². The van der Waals surface area contributed by atoms with E-state index in [-0.39, 0.29) is 16.4 Å². The van der Waals surface area contributed by atoms with E-state index < -0.39 is 10.0 Å². The van der Waals surface area contributed by atoms with Gasteiger partial charge < -0.3 is 10.2 Å². The van der Waals surface area contributed by atoms with Crippen LogP contribution in [0.5, 0.6) is 0 Å². The minimum absolute atomic E-state index is 0.111. The highest BCUT2D eigenvalue weighted by Gasteiger charge is 2.23. The maximum absolute atomic E-state index is 12.9. The van der Waals surface area contributed by atoms with Crippen LogP contribution in [-0.4, -0.2) is 44.8 Å². The van der Waals surface area contributed by atoms with Crippen LogP contribution in [0, 0.1) is 0 Å². The maximum atomic E-state index is 12.9. The molecular formula is C21H26ClN3O3S. The van der Waals surface area contributed by atoms with Crippen molar-refractivity contribution in [3.05, 3.63) is 53.1 Å². The molecule has 8 heteroatoms. The molecule has 6 nitrogen and oxygen atoms in total. The molecule has 0 bridgehead atoms. The number of carbonyl (C=O) groups is 1. The highest BCUT2D eigenvalue weighted by molar-refractivity contribution is 7.89. The molecule has 0 atom stereocenters. The van der Waals surface area contributed by atoms with Gasteiger partial charge in [0.1, 0.15) is 0 Å². The van der Waals surface area contributed by atoms with Crippen molar-refractivity contribution in [3.63, 3.8) is 0 Å². The third kappa shape index (κ3) is 4.74. The highest BCUT2D eigenvalue weighted by atomic mass is 35.5. The van der Waals surface area contributed by atoms with E-state index in [1.807, 2.05) is 12.1 Å². The lowest BCUT2D eigenvalue weighted by atomic mass is 10.2. The van der Waals surface area contributed by atoms with E-state index in [4.69, 9.17) is 11.6 Å². The quantitative estimate of drug-likeness (QED) is 0.706. The Balaban J connectivity index is 1.88. The Kier molecular flexibility index (Phi) is 6.82. The lowest BCUT2D eigenvalue weighted by molar-refractivity contribution is 0.102. The van der Waals surface area contributed by atoms with Gasteiger partial charge in [0.05, 0.1) is 16.3 Å². The molecule has 1 amide bonds. The Morgan fingerprint density at radius 3 is 2.45 bits per heavy atom. The smallest absolute Gasteiger partial charge is 0.255 e. The molecule has 0 aromatic heterocycles. The Morgan fingerprint density at radius 1 is 1.10 bits per heavy atom. The summed E-state index contributed by atoms with van der Waals surface area (Å²) in [6.45, 7) is 6.19. The van der Waals surface area contributed by atoms with Crippen LogP contribution in [0.2, 0.25) is 5.02 Å². The average molecular weight is 436 g/mol. The minimum atomic E-state index is -3.63. The van der Waals surface area contributed by atoms with Gasteiger partial charge in [-0.2, -0.15) is 4.31 Å². The van der Waals surface area contributed by atoms with E-state index in [2.05, 4.69) is 10.2 Å². The summed E-state index contributed by atoms with van der Waals surface area (Å²) in [6, 6.07) is 11.6. The Morgan fingerprint density at radius 2 is 1.79 bits per heavy atom. The van der Waals surface area contributed by atoms with Crippen molar-refractivity contribution in [2.45, 2.75) is 31.6 Å². The number of carbonyl (C=O) groups excluding carboxylic acids is 1. The Labute approximate surface area is 177 Å². The highest BCUT2D eigenvalue weighted by Crippen LogP contribution is 2.32. The van der Waals surface area contributed by atoms with E-state index in [0.717, 1.165) is 31.6 Å². The number of amides is 1. The number of benzene rings is 2. The summed E-state index contributed by atoms with van der Waals surface area (Å²) < 4.78 is 26.9. The van der Waals surface area contributed by atoms with E-state index in [0.29, 0.717) is 23.8 Å². The third-order valence-corrected chi connectivity index (χ3v) is 7.37. The molecule has 1 saturated heterocycles. The van der Waals surface area contributed by atoms with Gasteiger partial charge >= 0.3 is 0 Å². The van der Waals surface area contributed by atoms with Gasteiger partial charge in [-0.05, 0) is 49.2 Å². The van der Waals surface area contributed by atoms with Crippen molar-refractivity contribution in [1.82, 2.24) is 4.31 Å². The topological polar surface area (TPSA) is 69.7 Å². The van der Waals surface area contributed by atoms with Gasteiger partial charge in [-0.15, -0.1) is 0 Å². The summed E-state index contributed by atoms with van der Waals surface area (Å²) in [7, 11) is -3.63. The first kappa shape index (κ1) is 21.6. The summed E-state index contributed by atoms with van der Waals surface area (Å²) in [6.07, 6.45) is 2.22. The van der Waals surface area contributed by atoms with Crippen LogP contribution in [0.25, 0.3) is 0 Å². The van der Waals surface area contributed by atoms with Crippen molar-refractivity contribution in [2.24, 2.45) is 0 Å². The number of halogens is 1. The molecule has 0 saturated carbocycles. The number of hydrogen-bond donors (Lipinski definition) is 1. The second-order valence-electron chi connectivity index (χ2n) is 6.93. The number of anilines is 2. The second-order valence-corrected chi connectivity index (χ2v) is 9.30. The second kappa shape index (κ2) is 9.15. The SMILES string of the molecule is CCN(CC)S(=O)(=O)c1cccc(C(=O)Nc2cc(Cl)ccc2N2CCCC2)c1. The van der Waals surface area contributed by atoms with Crippen LogP contribution in [0.4, 0.5) is 11.4 Å². The molecule has 2 aromatic carbocycles. The van der Waals surface area contributed by atoms with Crippen LogP contribution >= 0.6 is 11.6 Å². The zero-order valence-corrected chi connectivity index (χ0v) is 18.3. The van der Waals surface area contributed by atoms with Gasteiger partial charge in [0.15, 0.2) is 0 Å². The van der Waals surface area contributed by atoms with Crippen molar-refractivity contribution < 1.29 is 13.2 Å². The van der Waals surface area contributed by atoms with Crippen molar-refractivity contribution in [2.75, 3.05) is 36.4 Å². The van der Waals surface area contributed by atoms with Crippen LogP contribution in [0.15, 0.2) is 47.4 Å². The van der Waals surface area contributed by atoms with E-state index in [1.165, 1.54) is 16.4 Å². The Hall–Kier alpha value is -2.09. The van der Waals surface area contributed by atoms with Crippen LogP contribution in [0.3, 0.4) is 0 Å². The molecule has 29 heavy (non-hydrogen) atoms. The zero-order valence-electron chi connectivity index (χ0n) is 16.7. The third-order valence-electron chi connectivity index (χ3n) is 5.09. The molecule has 1 heterocycles. The van der Waals surface area contributed by atoms with Gasteiger partial charge in [0.25, 0.3) is 5.91 Å². The maximum Gasteiger partial charge on any atom is 0.255 e. The summed E-state index contributed by atoms with van der Waals surface area (Å²) in [5, 5.41) is 3.44. The number of nitrogens with zero attached hydrogens (tertiary/aromatic N) is 2. The monoisotopic (exact) mass is 435 g/mol. The molecule has 1 fully saturated rings. The van der Waals surface area contributed by atoms with Crippen LogP contribution in [0.1, 0.15) is 37.0 Å². The number of sulfonamides is 1. The lowest BCUT2D eigenvalue weighted by Crippen LogP contribution is -2.30. The van der Waals surface area contributed by atoms with E-state index in [9.17, 15) is 13.2 Å². The van der Waals surface area contributed by atoms with E-state index in [1.54, 1.807) is 32.0 Å². The van der Waals surface area contributed by atoms with Crippen molar-refractivity contribution >= 4 is 38.9 Å². The largest absolute Gasteiger partial charge is 0.370 e. The summed E-state index contributed by atoms with van der Waals surface area (Å²) in [4.78, 5) is 15.2. The summed E-state index contributed by atoms with van der Waals surface area (Å²) in [5.41, 5.74) is 1.83. The molecule has 1 aliphatic heterocycles. The molecule has 1 N–H and O–H groups in total. The van der Waals surface area contributed by atoms with Crippen LogP contribution < -0.4 is 10.2 Å². The molecule has 1 aliphatic rings. The number of rotatable bonds is 7. The first-order valence-electron chi connectivity index (χ1n) is 9.83. The lowest BCUT2D eigenvalue weighted by Gasteiger charge is -2.22. The predicted molar refractivity (Wildman–Crippen MR) is 117 cm³/mol. The Bertz CT molecular complexity index is 984. The molecule has 156 valence electrons. The predicted octanol–water partition coefficient (Wildman–Crippen LogP) is 4.22. The number of nitrogens with one attached hydrogen (secondary N) is 1. The molecule has 0 spiro atoms. The average Bonchev–Trinajstić information content (AvgIpc) is 3.23. The zero-order chi connectivity index (χ0) is 21.0. The first-order chi connectivity index (χ1) is 13.9. The fourth-order valence-electron chi connectivity index (χ4n) is 3.55. The molecular weight excluding hydrogens is 410 g/mol. The minimum Gasteiger partial charge on any atom is -0.370 e. The van der Waals surface area contributed by atoms with Crippen molar-refractivity contribution in [1.29, 1.82) is 0 Å². The molecule has 0 aliphatic carbocycles. The van der Waals surface area contributed by atoms with Gasteiger partial charge in [0, 0.05) is 36.8 Å². The van der Waals surface area contributed by atoms with Gasteiger partial charge in [-0.3, -0.25) is 4.79 Å². The molecule has 0 radical (unpaired) electrons. The first-order valence-corrected chi connectivity index (χ1v) is 11.6. The van der Waals surface area contributed by atoms with Gasteiger partial charge in [0.2, 0.25) is 10.0 Å². The fraction of sp³-hybridized carbons (Fsp3) is 0.381. The summed E-state index contributed by atoms with van der Waals surface area (Å²) >= 11 is 6.15. The molecule has 0 unspecified atom stereocenters. The van der Waals surface area contributed by atoms with E-state index >= 15 is 0 Å².